The second-order valence-electron chi connectivity index (χ2n) is 10.6. The smallest absolute Gasteiger partial charge is 0.406 e. The number of alkyl carbamates (subject to hydrolysis) is 1. The molecule has 0 spiro atoms. The lowest BCUT2D eigenvalue weighted by Crippen LogP contribution is -2.30. The molecule has 0 radical (unpaired) electrons. The molecular weight excluding hydrogens is 580 g/mol. The van der Waals surface area contributed by atoms with E-state index in [0.717, 1.165) is 28.7 Å². The Hall–Kier alpha value is -5.44. The molecule has 0 saturated heterocycles. The van der Waals surface area contributed by atoms with Crippen LogP contribution in [0.2, 0.25) is 0 Å². The summed E-state index contributed by atoms with van der Waals surface area (Å²) in [6.07, 6.45) is 1.67. The predicted molar refractivity (Wildman–Crippen MR) is 178 cm³/mol. The number of methoxy groups -OCH3 is 1. The molecule has 0 unspecified atom stereocenters. The van der Waals surface area contributed by atoms with Crippen LogP contribution in [0.3, 0.4) is 0 Å². The van der Waals surface area contributed by atoms with E-state index in [9.17, 15) is 19.2 Å². The fraction of sp³-hybridized carbons (Fsp3) is 0.243. The summed E-state index contributed by atoms with van der Waals surface area (Å²) in [5, 5.41) is 11.6. The molecular formula is C37H40N4O5. The standard InChI is InChI=1S/C37H40N4O5/c1-46-37(45)41-26-22-30-15-7-10-18-33(30)36(44)40-25-21-29-14-6-9-17-32(29)35(43)39-24-20-28-13-5-8-16-31(28)34(42)38-23-19-27-11-3-2-4-12-27/h2-18H,19-26H2,1H3,(H,38,42)(H,39,43)(H,40,44)(H,41,45). The molecule has 0 aliphatic carbocycles. The molecule has 9 nitrogen and oxygen atoms in total. The van der Waals surface area contributed by atoms with Crippen LogP contribution < -0.4 is 21.3 Å². The highest BCUT2D eigenvalue weighted by atomic mass is 16.5. The highest BCUT2D eigenvalue weighted by Crippen LogP contribution is 2.13. The van der Waals surface area contributed by atoms with Gasteiger partial charge in [0.1, 0.15) is 0 Å². The summed E-state index contributed by atoms with van der Waals surface area (Å²) in [6, 6.07) is 32.0. The summed E-state index contributed by atoms with van der Waals surface area (Å²) in [5.41, 5.74) is 5.31. The Balaban J connectivity index is 1.27. The number of hydrogen-bond acceptors (Lipinski definition) is 5. The lowest BCUT2D eigenvalue weighted by atomic mass is 10.0. The van der Waals surface area contributed by atoms with E-state index in [-0.39, 0.29) is 17.7 Å². The van der Waals surface area contributed by atoms with Gasteiger partial charge in [0.05, 0.1) is 7.11 Å². The van der Waals surface area contributed by atoms with E-state index in [1.165, 1.54) is 7.11 Å². The highest BCUT2D eigenvalue weighted by Gasteiger charge is 2.15. The number of ether oxygens (including phenoxy) is 1. The van der Waals surface area contributed by atoms with Crippen LogP contribution in [-0.2, 0) is 30.4 Å². The first-order valence-electron chi connectivity index (χ1n) is 15.4. The molecule has 4 aromatic carbocycles. The first kappa shape index (κ1) is 33.5. The van der Waals surface area contributed by atoms with Crippen molar-refractivity contribution in [2.75, 3.05) is 33.3 Å². The Morgan fingerprint density at radius 3 is 1.22 bits per heavy atom. The molecule has 4 aromatic rings. The van der Waals surface area contributed by atoms with Crippen LogP contribution in [0.1, 0.15) is 53.3 Å². The number of amides is 4. The minimum absolute atomic E-state index is 0.134. The highest BCUT2D eigenvalue weighted by molar-refractivity contribution is 5.97. The monoisotopic (exact) mass is 620 g/mol. The molecule has 0 saturated carbocycles. The van der Waals surface area contributed by atoms with Gasteiger partial charge in [-0.3, -0.25) is 14.4 Å². The zero-order valence-corrected chi connectivity index (χ0v) is 26.0. The number of carbonyl (C=O) groups is 4. The third-order valence-electron chi connectivity index (χ3n) is 7.54. The fourth-order valence-electron chi connectivity index (χ4n) is 5.12. The van der Waals surface area contributed by atoms with Gasteiger partial charge >= 0.3 is 6.09 Å². The van der Waals surface area contributed by atoms with Gasteiger partial charge in [-0.1, -0.05) is 84.9 Å². The fourth-order valence-corrected chi connectivity index (χ4v) is 5.12. The van der Waals surface area contributed by atoms with Crippen LogP contribution in [0.4, 0.5) is 4.79 Å². The van der Waals surface area contributed by atoms with Crippen LogP contribution in [0, 0.1) is 0 Å². The van der Waals surface area contributed by atoms with Gasteiger partial charge < -0.3 is 26.0 Å². The second-order valence-corrected chi connectivity index (χ2v) is 10.6. The SMILES string of the molecule is COC(=O)NCCc1ccccc1C(=O)NCCc1ccccc1C(=O)NCCc1ccccc1C(=O)NCCc1ccccc1. The summed E-state index contributed by atoms with van der Waals surface area (Å²) in [5.74, 6) is -0.570. The van der Waals surface area contributed by atoms with Crippen molar-refractivity contribution in [2.24, 2.45) is 0 Å². The summed E-state index contributed by atoms with van der Waals surface area (Å²) in [7, 11) is 1.30. The van der Waals surface area contributed by atoms with E-state index in [1.54, 1.807) is 24.3 Å². The van der Waals surface area contributed by atoms with Crippen LogP contribution in [0.15, 0.2) is 103 Å². The molecule has 238 valence electrons. The number of carbonyl (C=O) groups excluding carboxylic acids is 4. The largest absolute Gasteiger partial charge is 0.453 e. The minimum Gasteiger partial charge on any atom is -0.453 e. The van der Waals surface area contributed by atoms with E-state index in [1.807, 2.05) is 78.9 Å². The summed E-state index contributed by atoms with van der Waals surface area (Å²) in [4.78, 5) is 50.4. The normalized spacial score (nSPS) is 10.5. The van der Waals surface area contributed by atoms with Crippen LogP contribution in [0.5, 0.6) is 0 Å². The number of nitrogens with one attached hydrogen (secondary N) is 4. The van der Waals surface area contributed by atoms with Crippen molar-refractivity contribution >= 4 is 23.8 Å². The van der Waals surface area contributed by atoms with E-state index >= 15 is 0 Å². The number of rotatable bonds is 15. The van der Waals surface area contributed by atoms with Crippen molar-refractivity contribution in [3.05, 3.63) is 142 Å². The van der Waals surface area contributed by atoms with Crippen molar-refractivity contribution in [3.63, 3.8) is 0 Å². The van der Waals surface area contributed by atoms with Crippen LogP contribution in [-0.4, -0.2) is 57.1 Å². The number of benzene rings is 4. The Morgan fingerprint density at radius 1 is 0.457 bits per heavy atom. The number of hydrogen-bond donors (Lipinski definition) is 4. The van der Waals surface area contributed by atoms with Gasteiger partial charge in [-0.25, -0.2) is 4.79 Å². The van der Waals surface area contributed by atoms with E-state index in [0.29, 0.717) is 62.1 Å². The van der Waals surface area contributed by atoms with Gasteiger partial charge in [0.2, 0.25) is 0 Å². The first-order valence-corrected chi connectivity index (χ1v) is 15.4. The third kappa shape index (κ3) is 10.1. The molecule has 0 bridgehead atoms. The lowest BCUT2D eigenvalue weighted by Gasteiger charge is -2.13. The van der Waals surface area contributed by atoms with Gasteiger partial charge in [-0.05, 0) is 66.1 Å². The van der Waals surface area contributed by atoms with Crippen molar-refractivity contribution in [2.45, 2.75) is 25.7 Å². The zero-order valence-electron chi connectivity index (χ0n) is 26.0. The van der Waals surface area contributed by atoms with Crippen molar-refractivity contribution in [1.29, 1.82) is 0 Å². The maximum atomic E-state index is 13.2. The van der Waals surface area contributed by atoms with Crippen molar-refractivity contribution < 1.29 is 23.9 Å². The average Bonchev–Trinajstić information content (AvgIpc) is 3.09. The van der Waals surface area contributed by atoms with Gasteiger partial charge in [0, 0.05) is 42.9 Å². The second kappa shape index (κ2) is 17.8. The molecule has 0 atom stereocenters. The van der Waals surface area contributed by atoms with E-state index in [4.69, 9.17) is 0 Å². The molecule has 0 heterocycles. The van der Waals surface area contributed by atoms with Crippen molar-refractivity contribution in [1.82, 2.24) is 21.3 Å². The maximum Gasteiger partial charge on any atom is 0.406 e. The average molecular weight is 621 g/mol. The Morgan fingerprint density at radius 2 is 0.804 bits per heavy atom. The summed E-state index contributed by atoms with van der Waals surface area (Å²) < 4.78 is 4.59. The molecule has 0 aromatic heterocycles. The predicted octanol–water partition coefficient (Wildman–Crippen LogP) is 4.50. The van der Waals surface area contributed by atoms with Crippen LogP contribution >= 0.6 is 0 Å². The molecule has 4 rings (SSSR count). The summed E-state index contributed by atoms with van der Waals surface area (Å²) >= 11 is 0. The minimum atomic E-state index is -0.521. The van der Waals surface area contributed by atoms with Gasteiger partial charge in [0.15, 0.2) is 0 Å². The van der Waals surface area contributed by atoms with Crippen molar-refractivity contribution in [3.8, 4) is 0 Å². The first-order chi connectivity index (χ1) is 22.5. The van der Waals surface area contributed by atoms with Gasteiger partial charge in [-0.15, -0.1) is 0 Å². The third-order valence-corrected chi connectivity index (χ3v) is 7.54. The quantitative estimate of drug-likeness (QED) is 0.156. The Bertz CT molecular complexity index is 1620. The molecule has 0 aliphatic heterocycles. The Labute approximate surface area is 269 Å². The maximum absolute atomic E-state index is 13.2. The molecule has 4 amide bonds. The Kier molecular flexibility index (Phi) is 12.9. The van der Waals surface area contributed by atoms with E-state index < -0.39 is 6.09 Å². The van der Waals surface area contributed by atoms with Crippen LogP contribution in [0.25, 0.3) is 0 Å². The molecule has 0 aliphatic rings. The molecule has 4 N–H and O–H groups in total. The lowest BCUT2D eigenvalue weighted by molar-refractivity contribution is 0.0945. The molecule has 9 heteroatoms. The summed E-state index contributed by atoms with van der Waals surface area (Å²) in [6.45, 7) is 1.57. The molecule has 0 fully saturated rings. The topological polar surface area (TPSA) is 126 Å². The van der Waals surface area contributed by atoms with E-state index in [2.05, 4.69) is 26.0 Å². The molecule has 46 heavy (non-hydrogen) atoms. The van der Waals surface area contributed by atoms with Gasteiger partial charge in [0.25, 0.3) is 17.7 Å². The van der Waals surface area contributed by atoms with Gasteiger partial charge in [-0.2, -0.15) is 0 Å². The zero-order chi connectivity index (χ0) is 32.6.